The van der Waals surface area contributed by atoms with Crippen LogP contribution < -0.4 is 5.56 Å². The Hall–Kier alpha value is -2.23. The van der Waals surface area contributed by atoms with E-state index in [0.717, 1.165) is 20.1 Å². The smallest absolute Gasteiger partial charge is 0.285 e. The summed E-state index contributed by atoms with van der Waals surface area (Å²) >= 11 is 6.78. The molecule has 0 amide bonds. The Morgan fingerprint density at radius 2 is 1.43 bits per heavy atom. The normalized spacial score (nSPS) is 10.3. The maximum atomic E-state index is 12.0. The Bertz CT molecular complexity index is 955. The molecule has 0 aliphatic heterocycles. The van der Waals surface area contributed by atoms with Gasteiger partial charge in [-0.25, -0.2) is 4.98 Å². The Kier molecular flexibility index (Phi) is 4.42. The zero-order valence-electron chi connectivity index (χ0n) is 11.7. The van der Waals surface area contributed by atoms with Crippen molar-refractivity contribution in [2.24, 2.45) is 0 Å². The van der Waals surface area contributed by atoms with Crippen LogP contribution in [0, 0.1) is 11.3 Å². The highest BCUT2D eigenvalue weighted by molar-refractivity contribution is 9.10. The van der Waals surface area contributed by atoms with Gasteiger partial charge in [-0.2, -0.15) is 5.26 Å². The number of nitriles is 1. The van der Waals surface area contributed by atoms with Crippen LogP contribution in [0.2, 0.25) is 0 Å². The van der Waals surface area contributed by atoms with E-state index < -0.39 is 5.56 Å². The SMILES string of the molecule is N#Cc1nc(-c2ccc(Br)cc2)c(-c2ccc(Br)cc2)[nH]c1=O. The average Bonchev–Trinajstić information content (AvgIpc) is 2.56. The summed E-state index contributed by atoms with van der Waals surface area (Å²) in [4.78, 5) is 19.0. The summed E-state index contributed by atoms with van der Waals surface area (Å²) in [6.07, 6.45) is 0. The lowest BCUT2D eigenvalue weighted by Crippen LogP contribution is -2.15. The van der Waals surface area contributed by atoms with E-state index in [1.807, 2.05) is 54.6 Å². The van der Waals surface area contributed by atoms with Gasteiger partial charge in [0.15, 0.2) is 0 Å². The molecule has 0 unspecified atom stereocenters. The van der Waals surface area contributed by atoms with Crippen LogP contribution in [0.5, 0.6) is 0 Å². The molecular weight excluding hydrogens is 422 g/mol. The topological polar surface area (TPSA) is 69.5 Å². The molecule has 0 spiro atoms. The fourth-order valence-electron chi connectivity index (χ4n) is 2.17. The molecule has 6 heteroatoms. The first-order chi connectivity index (χ1) is 11.1. The van der Waals surface area contributed by atoms with Crippen molar-refractivity contribution < 1.29 is 0 Å². The number of nitrogens with zero attached hydrogens (tertiary/aromatic N) is 2. The van der Waals surface area contributed by atoms with Crippen molar-refractivity contribution in [1.82, 2.24) is 9.97 Å². The van der Waals surface area contributed by atoms with Crippen molar-refractivity contribution in [1.29, 1.82) is 5.26 Å². The minimum absolute atomic E-state index is 0.149. The standard InChI is InChI=1S/C17H9Br2N3O/c18-12-5-1-10(2-6-12)15-16(11-3-7-13(19)8-4-11)22-17(23)14(9-20)21-15/h1-8H,(H,22,23). The van der Waals surface area contributed by atoms with Crippen molar-refractivity contribution in [3.05, 3.63) is 73.5 Å². The summed E-state index contributed by atoms with van der Waals surface area (Å²) in [7, 11) is 0. The number of hydrogen-bond acceptors (Lipinski definition) is 3. The zero-order valence-corrected chi connectivity index (χ0v) is 14.8. The van der Waals surface area contributed by atoms with Crippen LogP contribution in [0.4, 0.5) is 0 Å². The third kappa shape index (κ3) is 3.26. The molecule has 4 nitrogen and oxygen atoms in total. The lowest BCUT2D eigenvalue weighted by molar-refractivity contribution is 1.11. The molecule has 3 aromatic rings. The van der Waals surface area contributed by atoms with Crippen LogP contribution in [0.25, 0.3) is 22.5 Å². The van der Waals surface area contributed by atoms with Gasteiger partial charge in [-0.3, -0.25) is 4.79 Å². The van der Waals surface area contributed by atoms with Crippen LogP contribution in [0.1, 0.15) is 5.69 Å². The summed E-state index contributed by atoms with van der Waals surface area (Å²) in [5.41, 5.74) is 2.15. The van der Waals surface area contributed by atoms with Gasteiger partial charge < -0.3 is 4.98 Å². The van der Waals surface area contributed by atoms with Crippen molar-refractivity contribution in [2.45, 2.75) is 0 Å². The van der Waals surface area contributed by atoms with Gasteiger partial charge >= 0.3 is 0 Å². The Morgan fingerprint density at radius 1 is 0.913 bits per heavy atom. The second kappa shape index (κ2) is 6.49. The Morgan fingerprint density at radius 3 is 1.96 bits per heavy atom. The average molecular weight is 431 g/mol. The maximum Gasteiger partial charge on any atom is 0.285 e. The van der Waals surface area contributed by atoms with Gasteiger partial charge in [0.05, 0.1) is 11.4 Å². The summed E-state index contributed by atoms with van der Waals surface area (Å²) in [6.45, 7) is 0. The van der Waals surface area contributed by atoms with Gasteiger partial charge in [0.2, 0.25) is 5.69 Å². The van der Waals surface area contributed by atoms with E-state index in [2.05, 4.69) is 41.8 Å². The molecule has 112 valence electrons. The van der Waals surface area contributed by atoms with Gasteiger partial charge in [-0.15, -0.1) is 0 Å². The summed E-state index contributed by atoms with van der Waals surface area (Å²) < 4.78 is 1.88. The fraction of sp³-hybridized carbons (Fsp3) is 0. The monoisotopic (exact) mass is 429 g/mol. The number of hydrogen-bond donors (Lipinski definition) is 1. The molecule has 0 radical (unpaired) electrons. The predicted molar refractivity (Wildman–Crippen MR) is 95.8 cm³/mol. The van der Waals surface area contributed by atoms with E-state index in [1.165, 1.54) is 0 Å². The van der Waals surface area contributed by atoms with E-state index in [1.54, 1.807) is 0 Å². The number of aromatic amines is 1. The van der Waals surface area contributed by atoms with Crippen LogP contribution in [-0.4, -0.2) is 9.97 Å². The number of nitrogens with one attached hydrogen (secondary N) is 1. The van der Waals surface area contributed by atoms with E-state index in [9.17, 15) is 4.79 Å². The van der Waals surface area contributed by atoms with Gasteiger partial charge in [0, 0.05) is 20.1 Å². The molecule has 1 N–H and O–H groups in total. The third-order valence-electron chi connectivity index (χ3n) is 3.27. The number of aromatic nitrogens is 2. The molecule has 0 atom stereocenters. The lowest BCUT2D eigenvalue weighted by Gasteiger charge is -2.10. The van der Waals surface area contributed by atoms with Crippen molar-refractivity contribution in [3.8, 4) is 28.6 Å². The molecule has 3 rings (SSSR count). The van der Waals surface area contributed by atoms with Gasteiger partial charge in [0.1, 0.15) is 6.07 Å². The highest BCUT2D eigenvalue weighted by Gasteiger charge is 2.14. The molecular formula is C17H9Br2N3O. The highest BCUT2D eigenvalue weighted by Crippen LogP contribution is 2.29. The number of H-pyrrole nitrogens is 1. The molecule has 23 heavy (non-hydrogen) atoms. The molecule has 1 heterocycles. The molecule has 2 aromatic carbocycles. The van der Waals surface area contributed by atoms with E-state index in [-0.39, 0.29) is 5.69 Å². The van der Waals surface area contributed by atoms with Crippen molar-refractivity contribution in [2.75, 3.05) is 0 Å². The first-order valence-corrected chi connectivity index (χ1v) is 8.23. The van der Waals surface area contributed by atoms with Crippen molar-refractivity contribution >= 4 is 31.9 Å². The van der Waals surface area contributed by atoms with Gasteiger partial charge in [0.25, 0.3) is 5.56 Å². The van der Waals surface area contributed by atoms with E-state index in [0.29, 0.717) is 11.4 Å². The molecule has 0 saturated carbocycles. The largest absolute Gasteiger partial charge is 0.318 e. The lowest BCUT2D eigenvalue weighted by atomic mass is 10.0. The minimum Gasteiger partial charge on any atom is -0.318 e. The van der Waals surface area contributed by atoms with Crippen LogP contribution in [0.15, 0.2) is 62.3 Å². The van der Waals surface area contributed by atoms with Gasteiger partial charge in [-0.1, -0.05) is 56.1 Å². The summed E-state index contributed by atoms with van der Waals surface area (Å²) in [5.74, 6) is 0. The third-order valence-corrected chi connectivity index (χ3v) is 4.33. The fourth-order valence-corrected chi connectivity index (χ4v) is 2.70. The second-order valence-electron chi connectivity index (χ2n) is 4.76. The molecule has 0 fully saturated rings. The molecule has 1 aromatic heterocycles. The summed E-state index contributed by atoms with van der Waals surface area (Å²) in [5, 5.41) is 9.09. The van der Waals surface area contributed by atoms with Crippen LogP contribution in [-0.2, 0) is 0 Å². The van der Waals surface area contributed by atoms with E-state index in [4.69, 9.17) is 5.26 Å². The predicted octanol–water partition coefficient (Wildman–Crippen LogP) is 4.50. The molecule has 0 bridgehead atoms. The number of halogens is 2. The van der Waals surface area contributed by atoms with Crippen molar-refractivity contribution in [3.63, 3.8) is 0 Å². The maximum absolute atomic E-state index is 12.0. The van der Waals surface area contributed by atoms with Crippen LogP contribution in [0.3, 0.4) is 0 Å². The molecule has 0 saturated heterocycles. The van der Waals surface area contributed by atoms with Gasteiger partial charge in [-0.05, 0) is 24.3 Å². The Labute approximate surface area is 149 Å². The molecule has 0 aliphatic rings. The molecule has 0 aliphatic carbocycles. The zero-order chi connectivity index (χ0) is 16.4. The first kappa shape index (κ1) is 15.7. The quantitative estimate of drug-likeness (QED) is 0.650. The number of rotatable bonds is 2. The summed E-state index contributed by atoms with van der Waals surface area (Å²) in [6, 6.07) is 16.9. The highest BCUT2D eigenvalue weighted by atomic mass is 79.9. The number of benzene rings is 2. The minimum atomic E-state index is -0.494. The first-order valence-electron chi connectivity index (χ1n) is 6.65. The van der Waals surface area contributed by atoms with E-state index >= 15 is 0 Å². The second-order valence-corrected chi connectivity index (χ2v) is 6.60. The van der Waals surface area contributed by atoms with Crippen LogP contribution >= 0.6 is 31.9 Å². The Balaban J connectivity index is 2.27.